The molecule has 17 heavy (non-hydrogen) atoms. The lowest BCUT2D eigenvalue weighted by atomic mass is 10.1. The van der Waals surface area contributed by atoms with Gasteiger partial charge in [-0.15, -0.1) is 24.2 Å². The maximum atomic E-state index is 5.83. The monoisotopic (exact) mass is 275 g/mol. The van der Waals surface area contributed by atoms with Gasteiger partial charge in [0, 0.05) is 18.9 Å². The van der Waals surface area contributed by atoms with Crippen LogP contribution in [0.1, 0.15) is 18.5 Å². The van der Waals surface area contributed by atoms with E-state index >= 15 is 0 Å². The molecule has 0 spiro atoms. The molecule has 0 aromatic carbocycles. The maximum absolute atomic E-state index is 5.83. The normalized spacial score (nSPS) is 19.7. The van der Waals surface area contributed by atoms with Gasteiger partial charge in [-0.1, -0.05) is 0 Å². The van der Waals surface area contributed by atoms with E-state index < -0.39 is 0 Å². The number of ether oxygens (including phenoxy) is 1. The Morgan fingerprint density at radius 1 is 1.47 bits per heavy atom. The van der Waals surface area contributed by atoms with Crippen molar-refractivity contribution in [2.24, 2.45) is 0 Å². The van der Waals surface area contributed by atoms with Crippen LogP contribution in [0.4, 0.5) is 0 Å². The van der Waals surface area contributed by atoms with Crippen molar-refractivity contribution >= 4 is 24.2 Å². The molecular weight excluding hydrogens is 258 g/mol. The lowest BCUT2D eigenvalue weighted by molar-refractivity contribution is 0.0222. The minimum absolute atomic E-state index is 0. The molecule has 96 valence electrons. The minimum Gasteiger partial charge on any atom is -0.370 e. The fourth-order valence-electron chi connectivity index (χ4n) is 1.78. The van der Waals surface area contributed by atoms with Crippen LogP contribution in [0.15, 0.2) is 17.4 Å². The van der Waals surface area contributed by atoms with Crippen molar-refractivity contribution in [1.82, 2.24) is 15.3 Å². The van der Waals surface area contributed by atoms with Crippen molar-refractivity contribution in [3.8, 4) is 0 Å². The quantitative estimate of drug-likeness (QED) is 0.851. The number of hydrogen-bond donors (Lipinski definition) is 1. The van der Waals surface area contributed by atoms with Gasteiger partial charge in [-0.2, -0.15) is 0 Å². The van der Waals surface area contributed by atoms with E-state index in [4.69, 9.17) is 4.74 Å². The first-order valence-corrected chi connectivity index (χ1v) is 6.79. The highest BCUT2D eigenvalue weighted by Gasteiger charge is 2.14. The van der Waals surface area contributed by atoms with Crippen molar-refractivity contribution in [1.29, 1.82) is 0 Å². The Morgan fingerprint density at radius 2 is 2.29 bits per heavy atom. The summed E-state index contributed by atoms with van der Waals surface area (Å²) in [4.78, 5) is 8.57. The molecule has 1 aromatic heterocycles. The first-order chi connectivity index (χ1) is 7.90. The third-order valence-corrected chi connectivity index (χ3v) is 3.36. The van der Waals surface area contributed by atoms with Crippen LogP contribution in [0.2, 0.25) is 0 Å². The van der Waals surface area contributed by atoms with Gasteiger partial charge in [-0.25, -0.2) is 4.98 Å². The summed E-state index contributed by atoms with van der Waals surface area (Å²) in [7, 11) is 0. The van der Waals surface area contributed by atoms with Crippen LogP contribution in [0.3, 0.4) is 0 Å². The fraction of sp³-hybridized carbons (Fsp3) is 0.636. The standard InChI is InChI=1S/C11H17N3OS.ClH/c1-16-11-10(13-5-6-14-11)8-15-9-3-2-4-12-7-9;/h5-6,9,12H,2-4,7-8H2,1H3;1H/t9-;/m0./s1. The molecule has 1 aliphatic heterocycles. The zero-order valence-electron chi connectivity index (χ0n) is 9.89. The van der Waals surface area contributed by atoms with Crippen LogP contribution < -0.4 is 5.32 Å². The van der Waals surface area contributed by atoms with Gasteiger partial charge in [0.25, 0.3) is 0 Å². The molecule has 1 aromatic rings. The smallest absolute Gasteiger partial charge is 0.120 e. The van der Waals surface area contributed by atoms with Crippen LogP contribution in [0.25, 0.3) is 0 Å². The van der Waals surface area contributed by atoms with Gasteiger partial charge in [0.1, 0.15) is 5.03 Å². The molecule has 0 bridgehead atoms. The molecule has 1 fully saturated rings. The van der Waals surface area contributed by atoms with Crippen molar-refractivity contribution < 1.29 is 4.74 Å². The summed E-state index contributed by atoms with van der Waals surface area (Å²) in [5.74, 6) is 0. The Bertz CT molecular complexity index is 334. The zero-order valence-corrected chi connectivity index (χ0v) is 11.5. The number of aromatic nitrogens is 2. The van der Waals surface area contributed by atoms with Gasteiger partial charge in [0.2, 0.25) is 0 Å². The molecule has 2 rings (SSSR count). The van der Waals surface area contributed by atoms with Gasteiger partial charge in [-0.3, -0.25) is 4.98 Å². The molecule has 1 aliphatic rings. The molecule has 0 amide bonds. The average Bonchev–Trinajstić information content (AvgIpc) is 2.38. The molecule has 0 saturated carbocycles. The molecule has 0 unspecified atom stereocenters. The average molecular weight is 276 g/mol. The van der Waals surface area contributed by atoms with Crippen LogP contribution in [0.5, 0.6) is 0 Å². The van der Waals surface area contributed by atoms with E-state index in [0.717, 1.165) is 30.2 Å². The summed E-state index contributed by atoms with van der Waals surface area (Å²) in [6, 6.07) is 0. The summed E-state index contributed by atoms with van der Waals surface area (Å²) in [5, 5.41) is 4.30. The Morgan fingerprint density at radius 3 is 3.00 bits per heavy atom. The number of thioether (sulfide) groups is 1. The second kappa shape index (κ2) is 7.87. The van der Waals surface area contributed by atoms with Crippen molar-refractivity contribution in [3.05, 3.63) is 18.1 Å². The molecule has 2 heterocycles. The van der Waals surface area contributed by atoms with E-state index in [1.54, 1.807) is 24.2 Å². The van der Waals surface area contributed by atoms with Crippen LogP contribution in [-0.4, -0.2) is 35.4 Å². The Hall–Kier alpha value is -0.360. The van der Waals surface area contributed by atoms with Crippen molar-refractivity contribution in [2.75, 3.05) is 19.3 Å². The predicted octanol–water partition coefficient (Wildman–Crippen LogP) is 1.89. The molecular formula is C11H18ClN3OS. The summed E-state index contributed by atoms with van der Waals surface area (Å²) in [6.07, 6.45) is 8.11. The van der Waals surface area contributed by atoms with Crippen LogP contribution in [0, 0.1) is 0 Å². The third-order valence-electron chi connectivity index (χ3n) is 2.64. The molecule has 1 saturated heterocycles. The highest BCUT2D eigenvalue weighted by atomic mass is 35.5. The molecule has 6 heteroatoms. The summed E-state index contributed by atoms with van der Waals surface area (Å²) in [6.45, 7) is 2.63. The summed E-state index contributed by atoms with van der Waals surface area (Å²) < 4.78 is 5.83. The molecule has 0 aliphatic carbocycles. The maximum Gasteiger partial charge on any atom is 0.120 e. The van der Waals surface area contributed by atoms with E-state index in [9.17, 15) is 0 Å². The Kier molecular flexibility index (Phi) is 6.80. The number of rotatable bonds is 4. The SMILES string of the molecule is CSc1nccnc1CO[C@H]1CCCNC1.Cl. The molecule has 1 atom stereocenters. The van der Waals surface area contributed by atoms with Crippen molar-refractivity contribution in [3.63, 3.8) is 0 Å². The predicted molar refractivity (Wildman–Crippen MR) is 71.7 cm³/mol. The molecule has 4 nitrogen and oxygen atoms in total. The van der Waals surface area contributed by atoms with E-state index in [1.807, 2.05) is 6.26 Å². The minimum atomic E-state index is 0. The lowest BCUT2D eigenvalue weighted by Crippen LogP contribution is -2.35. The highest BCUT2D eigenvalue weighted by Crippen LogP contribution is 2.17. The number of halogens is 1. The number of nitrogens with zero attached hydrogens (tertiary/aromatic N) is 2. The van der Waals surface area contributed by atoms with Crippen molar-refractivity contribution in [2.45, 2.75) is 30.6 Å². The topological polar surface area (TPSA) is 47.0 Å². The number of nitrogens with one attached hydrogen (secondary N) is 1. The lowest BCUT2D eigenvalue weighted by Gasteiger charge is -2.23. The zero-order chi connectivity index (χ0) is 11.2. The second-order valence-corrected chi connectivity index (χ2v) is 4.59. The van der Waals surface area contributed by atoms with E-state index in [1.165, 1.54) is 6.42 Å². The van der Waals surface area contributed by atoms with Crippen LogP contribution >= 0.6 is 24.2 Å². The summed E-state index contributed by atoms with van der Waals surface area (Å²) in [5.41, 5.74) is 0.945. The van der Waals surface area contributed by atoms with E-state index in [-0.39, 0.29) is 12.4 Å². The number of hydrogen-bond acceptors (Lipinski definition) is 5. The van der Waals surface area contributed by atoms with Gasteiger partial charge >= 0.3 is 0 Å². The highest BCUT2D eigenvalue weighted by molar-refractivity contribution is 7.98. The molecule has 1 N–H and O–H groups in total. The first kappa shape index (κ1) is 14.7. The Labute approximate surface area is 112 Å². The fourth-order valence-corrected chi connectivity index (χ4v) is 2.30. The largest absolute Gasteiger partial charge is 0.370 e. The van der Waals surface area contributed by atoms with E-state index in [2.05, 4.69) is 15.3 Å². The third kappa shape index (κ3) is 4.43. The molecule has 0 radical (unpaired) electrons. The Balaban J connectivity index is 0.00000144. The van der Waals surface area contributed by atoms with E-state index in [0.29, 0.717) is 12.7 Å². The van der Waals surface area contributed by atoms with Gasteiger partial charge in [-0.05, 0) is 25.6 Å². The van der Waals surface area contributed by atoms with Crippen LogP contribution in [-0.2, 0) is 11.3 Å². The van der Waals surface area contributed by atoms with Gasteiger partial charge in [0.15, 0.2) is 0 Å². The van der Waals surface area contributed by atoms with Gasteiger partial charge < -0.3 is 10.1 Å². The second-order valence-electron chi connectivity index (χ2n) is 3.79. The van der Waals surface area contributed by atoms with Gasteiger partial charge in [0.05, 0.1) is 18.4 Å². The summed E-state index contributed by atoms with van der Waals surface area (Å²) >= 11 is 1.61. The first-order valence-electron chi connectivity index (χ1n) is 5.56. The number of piperidine rings is 1.